The second kappa shape index (κ2) is 9.79. The molecule has 0 amide bonds. The maximum absolute atomic E-state index is 12.7. The van der Waals surface area contributed by atoms with Crippen molar-refractivity contribution in [2.24, 2.45) is 14.1 Å². The highest BCUT2D eigenvalue weighted by atomic mass is 35.7. The maximum Gasteiger partial charge on any atom is 0.345 e. The van der Waals surface area contributed by atoms with E-state index in [1.165, 1.54) is 0 Å². The van der Waals surface area contributed by atoms with Crippen LogP contribution in [-0.2, 0) is 25.3 Å². The summed E-state index contributed by atoms with van der Waals surface area (Å²) in [5.41, 5.74) is 2.19. The summed E-state index contributed by atoms with van der Waals surface area (Å²) < 4.78 is 42.8. The fourth-order valence-electron chi connectivity index (χ4n) is 3.10. The Morgan fingerprint density at radius 3 is 2.27 bits per heavy atom. The summed E-state index contributed by atoms with van der Waals surface area (Å²) in [5, 5.41) is 0.676. The van der Waals surface area contributed by atoms with Crippen molar-refractivity contribution in [3.63, 3.8) is 0 Å². The van der Waals surface area contributed by atoms with Gasteiger partial charge in [-0.25, -0.2) is 32.8 Å². The molecule has 0 unspecified atom stereocenters. The number of aromatic nitrogens is 2. The molecule has 0 aliphatic heterocycles. The average Bonchev–Trinajstić information content (AvgIpc) is 2.69. The molecule has 0 atom stereocenters. The van der Waals surface area contributed by atoms with E-state index in [0.29, 0.717) is 24.0 Å². The highest BCUT2D eigenvalue weighted by Gasteiger charge is 2.21. The molecule has 0 fully saturated rings. The van der Waals surface area contributed by atoms with Gasteiger partial charge in [-0.1, -0.05) is 30.3 Å². The highest BCUT2D eigenvalue weighted by Crippen LogP contribution is 2.15. The van der Waals surface area contributed by atoms with Gasteiger partial charge in [0.2, 0.25) is 0 Å². The molecule has 0 spiro atoms. The van der Waals surface area contributed by atoms with Gasteiger partial charge in [-0.2, -0.15) is 4.57 Å². The summed E-state index contributed by atoms with van der Waals surface area (Å²) in [4.78, 5) is 24.9. The number of fused-ring (bicyclic) bond motifs is 1. The Morgan fingerprint density at radius 2 is 1.63 bits per heavy atom. The Balaban J connectivity index is 0.000000575. The second-order valence-electron chi connectivity index (χ2n) is 6.29. The lowest BCUT2D eigenvalue weighted by molar-refractivity contribution is -2.00. The zero-order chi connectivity index (χ0) is 22.5. The summed E-state index contributed by atoms with van der Waals surface area (Å²) in [7, 11) is -1.25. The lowest BCUT2D eigenvalue weighted by Crippen LogP contribution is -2.68. The number of nitrogens with zero attached hydrogens (tertiary/aromatic N) is 2. The Hall–Kier alpha value is -2.82. The minimum absolute atomic E-state index is 0.0442. The van der Waals surface area contributed by atoms with Crippen LogP contribution in [0.25, 0.3) is 10.9 Å². The van der Waals surface area contributed by atoms with E-state index in [-0.39, 0.29) is 11.5 Å². The average molecular weight is 437 g/mol. The molecule has 3 aromatic rings. The van der Waals surface area contributed by atoms with Crippen LogP contribution in [0.3, 0.4) is 0 Å². The van der Waals surface area contributed by atoms with Crippen molar-refractivity contribution in [3.05, 3.63) is 75.8 Å². The minimum atomic E-state index is -4.94. The largest absolute Gasteiger partial charge is 0.462 e. The van der Waals surface area contributed by atoms with Gasteiger partial charge in [0, 0.05) is 0 Å². The van der Waals surface area contributed by atoms with Gasteiger partial charge in [-0.3, -0.25) is 0 Å². The first-order valence-electron chi connectivity index (χ1n) is 8.88. The van der Waals surface area contributed by atoms with Crippen LogP contribution in [0.2, 0.25) is 0 Å². The number of hydrogen-bond acceptors (Lipinski definition) is 7. The van der Waals surface area contributed by atoms with Gasteiger partial charge in [0.05, 0.1) is 32.7 Å². The normalized spacial score (nSPS) is 11.0. The van der Waals surface area contributed by atoms with Crippen LogP contribution in [0.4, 0.5) is 0 Å². The van der Waals surface area contributed by atoms with Crippen LogP contribution in [0.1, 0.15) is 28.7 Å². The predicted molar refractivity (Wildman–Crippen MR) is 95.6 cm³/mol. The van der Waals surface area contributed by atoms with Crippen molar-refractivity contribution in [1.82, 2.24) is 4.57 Å². The van der Waals surface area contributed by atoms with Gasteiger partial charge < -0.3 is 4.74 Å². The standard InChI is InChI=1S/C20H21N2O3.ClHO4/c1-4-25-20(24)15-10-6-5-9-14(15)13-18-21(2)17-12-8-7-11-16(17)19(23)22(18)3;2-1(3,4)5/h5-12H,4,13H2,1-3H3;(H,2,3,4,5)/q+1;/p-1. The van der Waals surface area contributed by atoms with Gasteiger partial charge in [0.15, 0.2) is 0 Å². The number of aryl methyl sites for hydroxylation is 1. The fraction of sp³-hybridized carbons (Fsp3) is 0.250. The van der Waals surface area contributed by atoms with Crippen LogP contribution in [-0.4, -0.2) is 17.1 Å². The van der Waals surface area contributed by atoms with E-state index in [1.807, 2.05) is 54.1 Å². The number of esters is 1. The van der Waals surface area contributed by atoms with Crippen LogP contribution in [0, 0.1) is 10.2 Å². The molecule has 1 heterocycles. The monoisotopic (exact) mass is 436 g/mol. The third kappa shape index (κ3) is 5.85. The quantitative estimate of drug-likeness (QED) is 0.321. The summed E-state index contributed by atoms with van der Waals surface area (Å²) >= 11 is 0. The van der Waals surface area contributed by atoms with Crippen LogP contribution in [0.5, 0.6) is 0 Å². The number of hydrogen-bond donors (Lipinski definition) is 0. The molecule has 9 nitrogen and oxygen atoms in total. The van der Waals surface area contributed by atoms with Crippen LogP contribution < -0.4 is 28.8 Å². The van der Waals surface area contributed by atoms with Gasteiger partial charge in [-0.15, -0.1) is 10.2 Å². The lowest BCUT2D eigenvalue weighted by atomic mass is 10.0. The Morgan fingerprint density at radius 1 is 1.07 bits per heavy atom. The van der Waals surface area contributed by atoms with E-state index in [0.717, 1.165) is 16.9 Å². The van der Waals surface area contributed by atoms with E-state index < -0.39 is 10.2 Å². The molecule has 0 aliphatic carbocycles. The first kappa shape index (κ1) is 23.5. The highest BCUT2D eigenvalue weighted by molar-refractivity contribution is 5.91. The number of halogens is 1. The number of ether oxygens (including phenoxy) is 1. The zero-order valence-corrected chi connectivity index (χ0v) is 17.4. The van der Waals surface area contributed by atoms with Gasteiger partial charge >= 0.3 is 11.5 Å². The third-order valence-electron chi connectivity index (χ3n) is 4.44. The lowest BCUT2D eigenvalue weighted by Gasteiger charge is -2.17. The molecule has 2 aromatic carbocycles. The SMILES string of the molecule is CCOC(=O)c1ccccc1Cc1n(C)c(=O)c2ccccc2[n+]1C.[O-][Cl+3]([O-])([O-])[O-]. The fourth-order valence-corrected chi connectivity index (χ4v) is 3.10. The van der Waals surface area contributed by atoms with Crippen LogP contribution in [0.15, 0.2) is 53.3 Å². The van der Waals surface area contributed by atoms with Crippen LogP contribution >= 0.6 is 0 Å². The molecular formula is C20H21ClN2O7. The molecule has 0 radical (unpaired) electrons. The van der Waals surface area contributed by atoms with Crippen molar-refractivity contribution in [2.45, 2.75) is 13.3 Å². The van der Waals surface area contributed by atoms with Crippen molar-refractivity contribution in [3.8, 4) is 0 Å². The maximum atomic E-state index is 12.7. The first-order valence-corrected chi connectivity index (χ1v) is 10.1. The molecule has 10 heteroatoms. The van der Waals surface area contributed by atoms with Gasteiger partial charge in [0.25, 0.3) is 5.82 Å². The summed E-state index contributed by atoms with van der Waals surface area (Å²) in [6.07, 6.45) is 0.460. The Kier molecular flexibility index (Phi) is 7.65. The van der Waals surface area contributed by atoms with E-state index in [4.69, 9.17) is 23.4 Å². The number of para-hydroxylation sites is 1. The second-order valence-corrected chi connectivity index (χ2v) is 7.04. The minimum Gasteiger partial charge on any atom is -0.462 e. The predicted octanol–water partition coefficient (Wildman–Crippen LogP) is -2.63. The molecule has 160 valence electrons. The molecule has 0 saturated heterocycles. The smallest absolute Gasteiger partial charge is 0.345 e. The van der Waals surface area contributed by atoms with Crippen molar-refractivity contribution >= 4 is 16.9 Å². The van der Waals surface area contributed by atoms with Crippen molar-refractivity contribution in [2.75, 3.05) is 6.61 Å². The molecule has 30 heavy (non-hydrogen) atoms. The molecule has 0 aliphatic rings. The zero-order valence-electron chi connectivity index (χ0n) is 16.7. The Bertz CT molecular complexity index is 1100. The van der Waals surface area contributed by atoms with E-state index >= 15 is 0 Å². The summed E-state index contributed by atoms with van der Waals surface area (Å²) in [6, 6.07) is 14.9. The molecule has 0 bridgehead atoms. The molecule has 0 N–H and O–H groups in total. The summed E-state index contributed by atoms with van der Waals surface area (Å²) in [6.45, 7) is 2.11. The number of rotatable bonds is 4. The van der Waals surface area contributed by atoms with Gasteiger partial charge in [-0.05, 0) is 30.7 Å². The number of carbonyl (C=O) groups is 1. The van der Waals surface area contributed by atoms with E-state index in [9.17, 15) is 9.59 Å². The van der Waals surface area contributed by atoms with E-state index in [2.05, 4.69) is 0 Å². The molecule has 1 aromatic heterocycles. The first-order chi connectivity index (χ1) is 14.0. The number of benzene rings is 2. The number of carbonyl (C=O) groups excluding carboxylic acids is 1. The summed E-state index contributed by atoms with van der Waals surface area (Å²) in [5.74, 6) is 0.479. The molecular weight excluding hydrogens is 416 g/mol. The Labute approximate surface area is 174 Å². The van der Waals surface area contributed by atoms with Gasteiger partial charge in [0.1, 0.15) is 10.9 Å². The topological polar surface area (TPSA) is 144 Å². The van der Waals surface area contributed by atoms with Crippen molar-refractivity contribution in [1.29, 1.82) is 0 Å². The van der Waals surface area contributed by atoms with E-state index in [1.54, 1.807) is 24.6 Å². The van der Waals surface area contributed by atoms with Crippen molar-refractivity contribution < 1.29 is 43.0 Å². The molecule has 3 rings (SSSR count). The third-order valence-corrected chi connectivity index (χ3v) is 4.44. The molecule has 0 saturated carbocycles.